The number of aromatic nitrogens is 1. The molecule has 5 heteroatoms. The van der Waals surface area contributed by atoms with E-state index in [1.165, 1.54) is 6.07 Å². The Labute approximate surface area is 116 Å². The summed E-state index contributed by atoms with van der Waals surface area (Å²) in [6.45, 7) is 3.40. The first-order chi connectivity index (χ1) is 9.72. The Kier molecular flexibility index (Phi) is 3.65. The van der Waals surface area contributed by atoms with Crippen molar-refractivity contribution < 1.29 is 13.9 Å². The van der Waals surface area contributed by atoms with Gasteiger partial charge in [-0.25, -0.2) is 4.39 Å². The number of pyridine rings is 1. The van der Waals surface area contributed by atoms with Gasteiger partial charge in [-0.3, -0.25) is 4.98 Å². The highest BCUT2D eigenvalue weighted by molar-refractivity contribution is 5.88. The third kappa shape index (κ3) is 2.18. The minimum Gasteiger partial charge on any atom is -0.346 e. The largest absolute Gasteiger partial charge is 0.346 e. The molecule has 3 rings (SSSR count). The molecular formula is C15H17FN2O2. The first-order valence-electron chi connectivity index (χ1n) is 6.71. The van der Waals surface area contributed by atoms with Gasteiger partial charge < -0.3 is 15.2 Å². The number of nitrogens with two attached hydrogens (primary N) is 1. The van der Waals surface area contributed by atoms with Crippen LogP contribution in [0.5, 0.6) is 0 Å². The van der Waals surface area contributed by atoms with Crippen LogP contribution < -0.4 is 5.73 Å². The molecule has 0 spiro atoms. The molecule has 2 heterocycles. The van der Waals surface area contributed by atoms with Crippen molar-refractivity contribution in [2.45, 2.75) is 19.1 Å². The Morgan fingerprint density at radius 3 is 2.85 bits per heavy atom. The second kappa shape index (κ2) is 5.44. The number of nitrogens with zero attached hydrogens (tertiary/aromatic N) is 1. The van der Waals surface area contributed by atoms with E-state index in [1.54, 1.807) is 18.5 Å². The van der Waals surface area contributed by atoms with Crippen LogP contribution in [0.1, 0.15) is 30.3 Å². The molecule has 1 saturated heterocycles. The summed E-state index contributed by atoms with van der Waals surface area (Å²) in [6, 6.07) is 3.33. The minimum absolute atomic E-state index is 0.0654. The second-order valence-electron chi connectivity index (χ2n) is 4.99. The summed E-state index contributed by atoms with van der Waals surface area (Å²) in [5, 5.41) is 1.68. The molecule has 1 aliphatic heterocycles. The summed E-state index contributed by atoms with van der Waals surface area (Å²) in [4.78, 5) is 4.14. The molecule has 0 aliphatic carbocycles. The molecule has 1 unspecified atom stereocenters. The number of halogens is 1. The molecule has 0 radical (unpaired) electrons. The third-order valence-corrected chi connectivity index (χ3v) is 3.70. The monoisotopic (exact) mass is 276 g/mol. The van der Waals surface area contributed by atoms with Gasteiger partial charge in [0.2, 0.25) is 0 Å². The second-order valence-corrected chi connectivity index (χ2v) is 4.99. The van der Waals surface area contributed by atoms with E-state index >= 15 is 0 Å². The highest BCUT2D eigenvalue weighted by Gasteiger charge is 2.26. The Morgan fingerprint density at radius 1 is 1.40 bits per heavy atom. The van der Waals surface area contributed by atoms with Crippen LogP contribution in [0.2, 0.25) is 0 Å². The molecule has 106 valence electrons. The fourth-order valence-electron chi connectivity index (χ4n) is 2.58. The van der Waals surface area contributed by atoms with Gasteiger partial charge >= 0.3 is 0 Å². The van der Waals surface area contributed by atoms with Gasteiger partial charge in [-0.1, -0.05) is 6.92 Å². The van der Waals surface area contributed by atoms with Gasteiger partial charge in [-0.05, 0) is 35.5 Å². The standard InChI is InChI=1S/C15H17FN2O2/c1-9(7-17)11-6-13(16)14(15-19-4-5-20-15)10-2-3-18-8-12(10)11/h2-3,6,8-9,15H,4-5,7,17H2,1H3. The smallest absolute Gasteiger partial charge is 0.187 e. The van der Waals surface area contributed by atoms with Crippen molar-refractivity contribution in [2.24, 2.45) is 5.73 Å². The Morgan fingerprint density at radius 2 is 2.15 bits per heavy atom. The number of hydrogen-bond donors (Lipinski definition) is 1. The Balaban J connectivity index is 2.24. The number of hydrogen-bond acceptors (Lipinski definition) is 4. The number of ether oxygens (including phenoxy) is 2. The molecule has 0 saturated carbocycles. The van der Waals surface area contributed by atoms with Crippen LogP contribution in [0.25, 0.3) is 10.8 Å². The van der Waals surface area contributed by atoms with Crippen molar-refractivity contribution in [1.82, 2.24) is 4.98 Å². The fourth-order valence-corrected chi connectivity index (χ4v) is 2.58. The number of fused-ring (bicyclic) bond motifs is 1. The van der Waals surface area contributed by atoms with Crippen molar-refractivity contribution in [3.63, 3.8) is 0 Å². The zero-order valence-electron chi connectivity index (χ0n) is 11.3. The predicted molar refractivity (Wildman–Crippen MR) is 73.8 cm³/mol. The summed E-state index contributed by atoms with van der Waals surface area (Å²) in [5.74, 6) is -0.249. The van der Waals surface area contributed by atoms with Gasteiger partial charge in [0.15, 0.2) is 6.29 Å². The van der Waals surface area contributed by atoms with Crippen LogP contribution in [0.4, 0.5) is 4.39 Å². The quantitative estimate of drug-likeness (QED) is 0.935. The van der Waals surface area contributed by atoms with Gasteiger partial charge in [0.05, 0.1) is 18.8 Å². The first kappa shape index (κ1) is 13.4. The van der Waals surface area contributed by atoms with E-state index in [0.717, 1.165) is 16.3 Å². The van der Waals surface area contributed by atoms with Crippen LogP contribution in [0.3, 0.4) is 0 Å². The highest BCUT2D eigenvalue weighted by atomic mass is 19.1. The SMILES string of the molecule is CC(CN)c1cc(F)c(C2OCCO2)c2ccncc12. The van der Waals surface area contributed by atoms with E-state index in [9.17, 15) is 4.39 Å². The van der Waals surface area contributed by atoms with Crippen molar-refractivity contribution in [3.05, 3.63) is 41.5 Å². The van der Waals surface area contributed by atoms with Crippen LogP contribution in [0.15, 0.2) is 24.5 Å². The molecule has 0 amide bonds. The average molecular weight is 276 g/mol. The van der Waals surface area contributed by atoms with E-state index in [4.69, 9.17) is 15.2 Å². The van der Waals surface area contributed by atoms with Crippen molar-refractivity contribution in [2.75, 3.05) is 19.8 Å². The molecule has 2 N–H and O–H groups in total. The summed E-state index contributed by atoms with van der Waals surface area (Å²) in [7, 11) is 0. The van der Waals surface area contributed by atoms with Crippen LogP contribution >= 0.6 is 0 Å². The number of rotatable bonds is 3. The van der Waals surface area contributed by atoms with Gasteiger partial charge in [-0.15, -0.1) is 0 Å². The summed E-state index contributed by atoms with van der Waals surface area (Å²) >= 11 is 0. The summed E-state index contributed by atoms with van der Waals surface area (Å²) in [5.41, 5.74) is 7.04. The molecular weight excluding hydrogens is 259 g/mol. The lowest BCUT2D eigenvalue weighted by Crippen LogP contribution is -2.11. The first-order valence-corrected chi connectivity index (χ1v) is 6.71. The third-order valence-electron chi connectivity index (χ3n) is 3.70. The Bertz CT molecular complexity index is 627. The number of benzene rings is 1. The fraction of sp³-hybridized carbons (Fsp3) is 0.400. The molecule has 1 fully saturated rings. The van der Waals surface area contributed by atoms with Gasteiger partial charge in [0.25, 0.3) is 0 Å². The van der Waals surface area contributed by atoms with Crippen molar-refractivity contribution in [1.29, 1.82) is 0 Å². The minimum atomic E-state index is -0.637. The zero-order valence-corrected chi connectivity index (χ0v) is 11.3. The maximum atomic E-state index is 14.5. The normalized spacial score (nSPS) is 17.8. The molecule has 0 bridgehead atoms. The lowest BCUT2D eigenvalue weighted by atomic mass is 9.93. The van der Waals surface area contributed by atoms with E-state index in [-0.39, 0.29) is 11.7 Å². The lowest BCUT2D eigenvalue weighted by molar-refractivity contribution is -0.0452. The summed E-state index contributed by atoms with van der Waals surface area (Å²) in [6.07, 6.45) is 2.76. The summed E-state index contributed by atoms with van der Waals surface area (Å²) < 4.78 is 25.4. The van der Waals surface area contributed by atoms with Gasteiger partial charge in [0.1, 0.15) is 5.82 Å². The predicted octanol–water partition coefficient (Wildman–Crippen LogP) is 2.48. The average Bonchev–Trinajstić information content (AvgIpc) is 2.99. The molecule has 1 atom stereocenters. The molecule has 20 heavy (non-hydrogen) atoms. The molecule has 4 nitrogen and oxygen atoms in total. The highest BCUT2D eigenvalue weighted by Crippen LogP contribution is 2.35. The maximum absolute atomic E-state index is 14.5. The molecule has 1 aromatic heterocycles. The maximum Gasteiger partial charge on any atom is 0.187 e. The molecule has 2 aromatic rings. The van der Waals surface area contributed by atoms with E-state index in [0.29, 0.717) is 25.3 Å². The van der Waals surface area contributed by atoms with Crippen molar-refractivity contribution >= 4 is 10.8 Å². The molecule has 1 aliphatic rings. The van der Waals surface area contributed by atoms with E-state index in [1.807, 2.05) is 6.92 Å². The zero-order chi connectivity index (χ0) is 14.1. The van der Waals surface area contributed by atoms with Crippen LogP contribution in [-0.4, -0.2) is 24.7 Å². The van der Waals surface area contributed by atoms with Crippen LogP contribution in [0, 0.1) is 5.82 Å². The van der Waals surface area contributed by atoms with Gasteiger partial charge in [-0.2, -0.15) is 0 Å². The molecule has 1 aromatic carbocycles. The van der Waals surface area contributed by atoms with Gasteiger partial charge in [0, 0.05) is 17.8 Å². The van der Waals surface area contributed by atoms with Crippen molar-refractivity contribution in [3.8, 4) is 0 Å². The van der Waals surface area contributed by atoms with E-state index in [2.05, 4.69) is 4.98 Å². The van der Waals surface area contributed by atoms with E-state index < -0.39 is 6.29 Å². The van der Waals surface area contributed by atoms with Crippen LogP contribution in [-0.2, 0) is 9.47 Å². The topological polar surface area (TPSA) is 57.4 Å². The Hall–Kier alpha value is -1.56. The lowest BCUT2D eigenvalue weighted by Gasteiger charge is -2.18.